The molecule has 6 heteroatoms. The second-order valence-corrected chi connectivity index (χ2v) is 8.65. The summed E-state index contributed by atoms with van der Waals surface area (Å²) in [5.74, 6) is 0.319. The van der Waals surface area contributed by atoms with Crippen molar-refractivity contribution in [2.75, 3.05) is 18.6 Å². The monoisotopic (exact) mass is 445 g/mol. The number of ether oxygens (including phenoxy) is 3. The topological polar surface area (TPSA) is 65.1 Å². The first-order chi connectivity index (χ1) is 15.9. The molecule has 1 fully saturated rings. The molecule has 1 heterocycles. The summed E-state index contributed by atoms with van der Waals surface area (Å²) in [6, 6.07) is 25.5. The van der Waals surface area contributed by atoms with Crippen molar-refractivity contribution in [1.82, 2.24) is 0 Å². The van der Waals surface area contributed by atoms with E-state index in [1.54, 1.807) is 48.4 Å². The number of amides is 1. The van der Waals surface area contributed by atoms with Crippen molar-refractivity contribution in [3.05, 3.63) is 90.5 Å². The van der Waals surface area contributed by atoms with E-state index in [4.69, 9.17) is 14.2 Å². The van der Waals surface area contributed by atoms with Gasteiger partial charge < -0.3 is 19.1 Å². The van der Waals surface area contributed by atoms with Gasteiger partial charge in [-0.15, -0.1) is 0 Å². The Morgan fingerprint density at radius 3 is 2.09 bits per heavy atom. The minimum absolute atomic E-state index is 0.240. The molecule has 3 aromatic rings. The zero-order valence-corrected chi connectivity index (χ0v) is 18.9. The molecule has 0 saturated carbocycles. The van der Waals surface area contributed by atoms with Crippen LogP contribution in [0, 0.1) is 5.41 Å². The van der Waals surface area contributed by atoms with Gasteiger partial charge in [0.15, 0.2) is 6.10 Å². The Balaban J connectivity index is 1.57. The number of carbonyl (C=O) groups excluding carboxylic acids is 2. The molecule has 0 aliphatic carbocycles. The van der Waals surface area contributed by atoms with E-state index in [1.165, 1.54) is 0 Å². The lowest BCUT2D eigenvalue weighted by molar-refractivity contribution is -0.165. The maximum absolute atomic E-state index is 13.4. The summed E-state index contributed by atoms with van der Waals surface area (Å²) >= 11 is 0. The second kappa shape index (κ2) is 9.36. The molecular formula is C27H27NO5. The first-order valence-corrected chi connectivity index (χ1v) is 10.8. The van der Waals surface area contributed by atoms with Crippen molar-refractivity contribution in [3.63, 3.8) is 0 Å². The van der Waals surface area contributed by atoms with Crippen molar-refractivity contribution >= 4 is 17.6 Å². The molecule has 0 N–H and O–H groups in total. The number of hydrogen-bond donors (Lipinski definition) is 0. The van der Waals surface area contributed by atoms with Crippen molar-refractivity contribution in [1.29, 1.82) is 0 Å². The highest BCUT2D eigenvalue weighted by Gasteiger charge is 2.50. The van der Waals surface area contributed by atoms with Crippen LogP contribution in [-0.2, 0) is 14.3 Å². The Morgan fingerprint density at radius 2 is 1.48 bits per heavy atom. The summed E-state index contributed by atoms with van der Waals surface area (Å²) in [5.41, 5.74) is 0.855. The summed E-state index contributed by atoms with van der Waals surface area (Å²) in [6.45, 7) is 4.30. The van der Waals surface area contributed by atoms with Gasteiger partial charge in [-0.25, -0.2) is 4.79 Å². The predicted molar refractivity (Wildman–Crippen MR) is 125 cm³/mol. The number of carbonyl (C=O) groups is 2. The number of anilines is 1. The number of esters is 1. The molecule has 1 aliphatic heterocycles. The Kier molecular flexibility index (Phi) is 6.36. The van der Waals surface area contributed by atoms with Crippen LogP contribution in [0.3, 0.4) is 0 Å². The summed E-state index contributed by atoms with van der Waals surface area (Å²) in [6.07, 6.45) is -1.94. The lowest BCUT2D eigenvalue weighted by atomic mass is 9.89. The minimum atomic E-state index is -1.02. The normalized spacial score (nSPS) is 18.0. The van der Waals surface area contributed by atoms with Crippen molar-refractivity contribution in [2.24, 2.45) is 5.41 Å². The Hall–Kier alpha value is -3.80. The predicted octanol–water partition coefficient (Wildman–Crippen LogP) is 4.80. The van der Waals surface area contributed by atoms with Gasteiger partial charge >= 0.3 is 5.97 Å². The quantitative estimate of drug-likeness (QED) is 0.489. The molecule has 1 saturated heterocycles. The number of hydrogen-bond acceptors (Lipinski definition) is 5. The van der Waals surface area contributed by atoms with Crippen LogP contribution in [0.1, 0.15) is 25.5 Å². The van der Waals surface area contributed by atoms with Crippen LogP contribution in [0.4, 0.5) is 5.69 Å². The summed E-state index contributed by atoms with van der Waals surface area (Å²) < 4.78 is 17.1. The number of benzene rings is 3. The van der Waals surface area contributed by atoms with E-state index in [9.17, 15) is 9.59 Å². The molecular weight excluding hydrogens is 418 g/mol. The minimum Gasteiger partial charge on any atom is -0.497 e. The smallest absolute Gasteiger partial charge is 0.352 e. The third kappa shape index (κ3) is 4.85. The third-order valence-corrected chi connectivity index (χ3v) is 5.70. The van der Waals surface area contributed by atoms with Crippen LogP contribution in [0.25, 0.3) is 0 Å². The first-order valence-electron chi connectivity index (χ1n) is 10.8. The molecule has 0 spiro atoms. The summed E-state index contributed by atoms with van der Waals surface area (Å²) in [7, 11) is 1.58. The zero-order valence-electron chi connectivity index (χ0n) is 18.9. The highest BCUT2D eigenvalue weighted by atomic mass is 16.6. The molecule has 0 unspecified atom stereocenters. The van der Waals surface area contributed by atoms with Gasteiger partial charge in [0.25, 0.3) is 5.91 Å². The summed E-state index contributed by atoms with van der Waals surface area (Å²) in [4.78, 5) is 28.3. The van der Waals surface area contributed by atoms with Gasteiger partial charge in [0, 0.05) is 23.2 Å². The van der Waals surface area contributed by atoms with Gasteiger partial charge in [-0.05, 0) is 36.4 Å². The number of para-hydroxylation sites is 1. The van der Waals surface area contributed by atoms with Crippen LogP contribution in [0.2, 0.25) is 0 Å². The summed E-state index contributed by atoms with van der Waals surface area (Å²) in [5, 5.41) is 0. The maximum atomic E-state index is 13.4. The number of nitrogens with zero attached hydrogens (tertiary/aromatic N) is 1. The molecule has 0 radical (unpaired) electrons. The molecule has 1 amide bonds. The standard InChI is InChI=1S/C27H27NO5/c1-27(2)18-28(20-12-8-5-9-13-20)25(29)24(27)33-26(30)23(19-10-6-4-7-11-19)32-22-16-14-21(31-3)15-17-22/h4-17,23-24H,18H2,1-3H3/t23-,24-/m1/s1. The Labute approximate surface area is 193 Å². The van der Waals surface area contributed by atoms with Crippen LogP contribution in [-0.4, -0.2) is 31.6 Å². The van der Waals surface area contributed by atoms with E-state index in [-0.39, 0.29) is 5.91 Å². The molecule has 2 atom stereocenters. The van der Waals surface area contributed by atoms with Gasteiger partial charge in [-0.1, -0.05) is 62.4 Å². The molecule has 3 aromatic carbocycles. The molecule has 6 nitrogen and oxygen atoms in total. The van der Waals surface area contributed by atoms with Gasteiger partial charge in [-0.2, -0.15) is 0 Å². The van der Waals surface area contributed by atoms with Crippen molar-refractivity contribution < 1.29 is 23.8 Å². The fourth-order valence-corrected chi connectivity index (χ4v) is 3.93. The van der Waals surface area contributed by atoms with E-state index in [2.05, 4.69) is 0 Å². The fraction of sp³-hybridized carbons (Fsp3) is 0.259. The van der Waals surface area contributed by atoms with Crippen LogP contribution in [0.5, 0.6) is 11.5 Å². The highest BCUT2D eigenvalue weighted by Crippen LogP contribution is 2.37. The lowest BCUT2D eigenvalue weighted by Crippen LogP contribution is -2.38. The average Bonchev–Trinajstić information content (AvgIpc) is 3.07. The number of rotatable bonds is 7. The van der Waals surface area contributed by atoms with Crippen molar-refractivity contribution in [3.8, 4) is 11.5 Å². The van der Waals surface area contributed by atoms with E-state index in [0.29, 0.717) is 23.6 Å². The van der Waals surface area contributed by atoms with E-state index in [1.807, 2.05) is 62.4 Å². The van der Waals surface area contributed by atoms with Crippen LogP contribution in [0.15, 0.2) is 84.9 Å². The first kappa shape index (κ1) is 22.4. The SMILES string of the molecule is COc1ccc(O[C@@H](C(=O)O[C@@H]2C(=O)N(c3ccccc3)CC2(C)C)c2ccccc2)cc1. The van der Waals surface area contributed by atoms with E-state index < -0.39 is 23.6 Å². The molecule has 1 aliphatic rings. The Bertz CT molecular complexity index is 1100. The lowest BCUT2D eigenvalue weighted by Gasteiger charge is -2.26. The van der Waals surface area contributed by atoms with Gasteiger partial charge in [-0.3, -0.25) is 4.79 Å². The second-order valence-electron chi connectivity index (χ2n) is 8.65. The molecule has 0 bridgehead atoms. The average molecular weight is 446 g/mol. The number of methoxy groups -OCH3 is 1. The van der Waals surface area contributed by atoms with Crippen LogP contribution < -0.4 is 14.4 Å². The van der Waals surface area contributed by atoms with Crippen LogP contribution >= 0.6 is 0 Å². The van der Waals surface area contributed by atoms with Gasteiger partial charge in [0.05, 0.1) is 7.11 Å². The fourth-order valence-electron chi connectivity index (χ4n) is 3.93. The van der Waals surface area contributed by atoms with Crippen molar-refractivity contribution in [2.45, 2.75) is 26.1 Å². The maximum Gasteiger partial charge on any atom is 0.352 e. The molecule has 33 heavy (non-hydrogen) atoms. The molecule has 4 rings (SSSR count). The highest BCUT2D eigenvalue weighted by molar-refractivity contribution is 6.01. The van der Waals surface area contributed by atoms with E-state index in [0.717, 1.165) is 5.69 Å². The largest absolute Gasteiger partial charge is 0.497 e. The molecule has 170 valence electrons. The van der Waals surface area contributed by atoms with E-state index >= 15 is 0 Å². The third-order valence-electron chi connectivity index (χ3n) is 5.70. The molecule has 0 aromatic heterocycles. The zero-order chi connectivity index (χ0) is 23.4. The van der Waals surface area contributed by atoms with Gasteiger partial charge in [0.1, 0.15) is 11.5 Å². The van der Waals surface area contributed by atoms with Gasteiger partial charge in [0.2, 0.25) is 6.10 Å². The Morgan fingerprint density at radius 1 is 0.909 bits per heavy atom.